The molecular formula is C16H21BrN2OS. The van der Waals surface area contributed by atoms with Crippen LogP contribution in [0.4, 0.5) is 0 Å². The molecule has 1 N–H and O–H groups in total. The van der Waals surface area contributed by atoms with Crippen LogP contribution in [-0.4, -0.2) is 32.6 Å². The smallest absolute Gasteiger partial charge is 0.119 e. The number of hydrogen-bond acceptors (Lipinski definition) is 4. The number of ether oxygens (including phenoxy) is 1. The van der Waals surface area contributed by atoms with Gasteiger partial charge in [0, 0.05) is 22.4 Å². The summed E-state index contributed by atoms with van der Waals surface area (Å²) >= 11 is 5.39. The Bertz CT molecular complexity index is 557. The summed E-state index contributed by atoms with van der Waals surface area (Å²) in [5, 5.41) is 5.67. The fourth-order valence-corrected chi connectivity index (χ4v) is 3.49. The summed E-state index contributed by atoms with van der Waals surface area (Å²) in [5.41, 5.74) is 1.21. The molecule has 2 rings (SSSR count). The molecule has 1 heterocycles. The molecule has 0 bridgehead atoms. The summed E-state index contributed by atoms with van der Waals surface area (Å²) in [6.07, 6.45) is 0. The number of likely N-dealkylation sites (N-methyl/N-ethyl adjacent to an activating group) is 1. The van der Waals surface area contributed by atoms with Crippen LogP contribution >= 0.6 is 27.3 Å². The monoisotopic (exact) mass is 368 g/mol. The number of thiophene rings is 1. The van der Waals surface area contributed by atoms with Gasteiger partial charge in [-0.15, -0.1) is 11.3 Å². The van der Waals surface area contributed by atoms with Crippen molar-refractivity contribution in [2.24, 2.45) is 0 Å². The minimum Gasteiger partial charge on any atom is -0.497 e. The Labute approximate surface area is 139 Å². The first-order chi connectivity index (χ1) is 10.1. The summed E-state index contributed by atoms with van der Waals surface area (Å²) in [6.45, 7) is 1.73. The molecule has 5 heteroatoms. The van der Waals surface area contributed by atoms with Crippen molar-refractivity contribution in [3.8, 4) is 5.75 Å². The SMILES string of the molecule is COc1ccc(Br)c(CNCC(c2cccs2)N(C)C)c1. The number of rotatable bonds is 7. The second-order valence-electron chi connectivity index (χ2n) is 5.08. The van der Waals surface area contributed by atoms with Gasteiger partial charge in [0.2, 0.25) is 0 Å². The Morgan fingerprint density at radius 1 is 1.33 bits per heavy atom. The highest BCUT2D eigenvalue weighted by atomic mass is 79.9. The Morgan fingerprint density at radius 3 is 2.76 bits per heavy atom. The van der Waals surface area contributed by atoms with E-state index >= 15 is 0 Å². The zero-order valence-corrected chi connectivity index (χ0v) is 15.0. The van der Waals surface area contributed by atoms with E-state index in [1.54, 1.807) is 18.4 Å². The quantitative estimate of drug-likeness (QED) is 0.801. The maximum Gasteiger partial charge on any atom is 0.119 e. The molecule has 114 valence electrons. The third-order valence-corrected chi connectivity index (χ3v) is 5.15. The lowest BCUT2D eigenvalue weighted by Gasteiger charge is -2.23. The molecule has 0 spiro atoms. The van der Waals surface area contributed by atoms with Gasteiger partial charge in [-0.25, -0.2) is 0 Å². The van der Waals surface area contributed by atoms with E-state index in [1.807, 2.05) is 12.1 Å². The van der Waals surface area contributed by atoms with Gasteiger partial charge in [0.25, 0.3) is 0 Å². The average molecular weight is 369 g/mol. The topological polar surface area (TPSA) is 24.5 Å². The summed E-state index contributed by atoms with van der Waals surface area (Å²) in [7, 11) is 5.93. The van der Waals surface area contributed by atoms with E-state index in [9.17, 15) is 0 Å². The number of benzene rings is 1. The predicted octanol–water partition coefficient (Wildman–Crippen LogP) is 3.91. The first kappa shape index (κ1) is 16.5. The van der Waals surface area contributed by atoms with Gasteiger partial charge in [-0.05, 0) is 49.3 Å². The molecule has 0 saturated heterocycles. The van der Waals surface area contributed by atoms with Crippen molar-refractivity contribution < 1.29 is 4.74 Å². The third-order valence-electron chi connectivity index (χ3n) is 3.40. The number of halogens is 1. The molecule has 0 amide bonds. The Morgan fingerprint density at radius 2 is 2.14 bits per heavy atom. The number of nitrogens with one attached hydrogen (secondary N) is 1. The van der Waals surface area contributed by atoms with Crippen LogP contribution in [0.15, 0.2) is 40.2 Å². The fourth-order valence-electron chi connectivity index (χ4n) is 2.18. The van der Waals surface area contributed by atoms with E-state index < -0.39 is 0 Å². The third kappa shape index (κ3) is 4.54. The average Bonchev–Trinajstić information content (AvgIpc) is 2.98. The van der Waals surface area contributed by atoms with E-state index in [-0.39, 0.29) is 0 Å². The molecule has 1 aromatic carbocycles. The molecule has 2 aromatic rings. The van der Waals surface area contributed by atoms with Crippen molar-refractivity contribution in [3.05, 3.63) is 50.6 Å². The number of hydrogen-bond donors (Lipinski definition) is 1. The normalized spacial score (nSPS) is 12.6. The standard InChI is InChI=1S/C16H21BrN2OS/c1-19(2)15(16-5-4-8-21-16)11-18-10-12-9-13(20-3)6-7-14(12)17/h4-9,15,18H,10-11H2,1-3H3. The molecule has 1 aromatic heterocycles. The van der Waals surface area contributed by atoms with E-state index in [2.05, 4.69) is 63.8 Å². The summed E-state index contributed by atoms with van der Waals surface area (Å²) in [4.78, 5) is 3.64. The molecule has 0 fully saturated rings. The van der Waals surface area contributed by atoms with Crippen molar-refractivity contribution >= 4 is 27.3 Å². The maximum absolute atomic E-state index is 5.28. The van der Waals surface area contributed by atoms with Gasteiger partial charge in [-0.1, -0.05) is 22.0 Å². The second-order valence-corrected chi connectivity index (χ2v) is 6.92. The van der Waals surface area contributed by atoms with Crippen LogP contribution in [0, 0.1) is 0 Å². The minimum absolute atomic E-state index is 0.398. The number of nitrogens with zero attached hydrogens (tertiary/aromatic N) is 1. The molecule has 21 heavy (non-hydrogen) atoms. The van der Waals surface area contributed by atoms with Gasteiger partial charge in [0.05, 0.1) is 13.2 Å². The van der Waals surface area contributed by atoms with Crippen LogP contribution in [0.2, 0.25) is 0 Å². The van der Waals surface area contributed by atoms with Gasteiger partial charge in [-0.3, -0.25) is 0 Å². The van der Waals surface area contributed by atoms with Crippen LogP contribution < -0.4 is 10.1 Å². The highest BCUT2D eigenvalue weighted by molar-refractivity contribution is 9.10. The van der Waals surface area contributed by atoms with Gasteiger partial charge in [0.1, 0.15) is 5.75 Å². The van der Waals surface area contributed by atoms with Crippen molar-refractivity contribution in [1.29, 1.82) is 0 Å². The molecule has 0 aliphatic carbocycles. The molecule has 0 saturated carbocycles. The van der Waals surface area contributed by atoms with E-state index in [0.717, 1.165) is 23.3 Å². The van der Waals surface area contributed by atoms with Crippen LogP contribution in [-0.2, 0) is 6.54 Å². The molecule has 1 unspecified atom stereocenters. The lowest BCUT2D eigenvalue weighted by Crippen LogP contribution is -2.30. The first-order valence-corrected chi connectivity index (χ1v) is 8.52. The minimum atomic E-state index is 0.398. The van der Waals surface area contributed by atoms with Crippen molar-refractivity contribution in [1.82, 2.24) is 10.2 Å². The zero-order valence-electron chi connectivity index (χ0n) is 12.6. The van der Waals surface area contributed by atoms with Crippen LogP contribution in [0.5, 0.6) is 5.75 Å². The zero-order chi connectivity index (χ0) is 15.2. The lowest BCUT2D eigenvalue weighted by molar-refractivity contribution is 0.292. The predicted molar refractivity (Wildman–Crippen MR) is 93.1 cm³/mol. The molecular weight excluding hydrogens is 348 g/mol. The van der Waals surface area contributed by atoms with Crippen molar-refractivity contribution in [2.45, 2.75) is 12.6 Å². The Hall–Kier alpha value is -0.880. The Kier molecular flexibility index (Phi) is 6.23. The van der Waals surface area contributed by atoms with E-state index in [1.165, 1.54) is 10.4 Å². The van der Waals surface area contributed by atoms with E-state index in [4.69, 9.17) is 4.74 Å². The second kappa shape index (κ2) is 7.94. The Balaban J connectivity index is 1.96. The molecule has 0 radical (unpaired) electrons. The van der Waals surface area contributed by atoms with Gasteiger partial charge >= 0.3 is 0 Å². The van der Waals surface area contributed by atoms with Gasteiger partial charge in [-0.2, -0.15) is 0 Å². The summed E-state index contributed by atoms with van der Waals surface area (Å²) in [6, 6.07) is 10.7. The summed E-state index contributed by atoms with van der Waals surface area (Å²) < 4.78 is 6.38. The highest BCUT2D eigenvalue weighted by Gasteiger charge is 2.14. The molecule has 1 atom stereocenters. The van der Waals surface area contributed by atoms with Crippen molar-refractivity contribution in [3.63, 3.8) is 0 Å². The molecule has 3 nitrogen and oxygen atoms in total. The number of methoxy groups -OCH3 is 1. The van der Waals surface area contributed by atoms with Gasteiger partial charge < -0.3 is 15.0 Å². The van der Waals surface area contributed by atoms with Crippen LogP contribution in [0.1, 0.15) is 16.5 Å². The van der Waals surface area contributed by atoms with Gasteiger partial charge in [0.15, 0.2) is 0 Å². The summed E-state index contributed by atoms with van der Waals surface area (Å²) in [5.74, 6) is 0.886. The van der Waals surface area contributed by atoms with Crippen LogP contribution in [0.3, 0.4) is 0 Å². The highest BCUT2D eigenvalue weighted by Crippen LogP contribution is 2.24. The molecule has 0 aliphatic heterocycles. The maximum atomic E-state index is 5.28. The van der Waals surface area contributed by atoms with Crippen molar-refractivity contribution in [2.75, 3.05) is 27.7 Å². The van der Waals surface area contributed by atoms with Crippen LogP contribution in [0.25, 0.3) is 0 Å². The largest absolute Gasteiger partial charge is 0.497 e. The lowest BCUT2D eigenvalue weighted by atomic mass is 10.2. The fraction of sp³-hybridized carbons (Fsp3) is 0.375. The van der Waals surface area contributed by atoms with E-state index in [0.29, 0.717) is 6.04 Å². The molecule has 0 aliphatic rings. The first-order valence-electron chi connectivity index (χ1n) is 6.84.